The molecule has 0 amide bonds. The van der Waals surface area contributed by atoms with Gasteiger partial charge in [0.25, 0.3) is 0 Å². The Morgan fingerprint density at radius 2 is 1.71 bits per heavy atom. The number of hydrogen-bond acceptors (Lipinski definition) is 6. The Hall–Kier alpha value is -3.38. The van der Waals surface area contributed by atoms with E-state index in [1.165, 1.54) is 29.8 Å². The number of alkyl halides is 3. The molecule has 1 N–H and O–H groups in total. The highest BCUT2D eigenvalue weighted by Gasteiger charge is 2.34. The van der Waals surface area contributed by atoms with Crippen LogP contribution in [0.25, 0.3) is 21.9 Å². The lowest BCUT2D eigenvalue weighted by molar-refractivity contribution is -0.274. The van der Waals surface area contributed by atoms with Gasteiger partial charge in [-0.05, 0) is 92.3 Å². The molecule has 3 aromatic heterocycles. The number of pyridine rings is 2. The molecule has 0 spiro atoms. The van der Waals surface area contributed by atoms with Crippen LogP contribution in [0.15, 0.2) is 55.0 Å². The molecule has 1 atom stereocenters. The summed E-state index contributed by atoms with van der Waals surface area (Å²) < 4.78 is 75.3. The molecule has 12 heteroatoms. The zero-order chi connectivity index (χ0) is 29.3. The summed E-state index contributed by atoms with van der Waals surface area (Å²) in [5.74, 6) is 0.717. The van der Waals surface area contributed by atoms with Crippen molar-refractivity contribution >= 4 is 32.0 Å². The Labute approximate surface area is 242 Å². The summed E-state index contributed by atoms with van der Waals surface area (Å²) in [4.78, 5) is 12.2. The predicted octanol–water partition coefficient (Wildman–Crippen LogP) is 6.40. The second-order valence-corrected chi connectivity index (χ2v) is 13.4. The number of fused-ring (bicyclic) bond motifs is 3. The minimum atomic E-state index is -4.75. The maximum absolute atomic E-state index is 13.4. The Bertz CT molecular complexity index is 1630. The molecule has 4 heterocycles. The van der Waals surface area contributed by atoms with Crippen LogP contribution >= 0.6 is 0 Å². The molecule has 8 nitrogen and oxygen atoms in total. The van der Waals surface area contributed by atoms with E-state index in [0.29, 0.717) is 31.4 Å². The van der Waals surface area contributed by atoms with Crippen LogP contribution in [0, 0.1) is 11.8 Å². The fraction of sp³-hybridized carbons (Fsp3) is 0.467. The van der Waals surface area contributed by atoms with Crippen LogP contribution in [-0.4, -0.2) is 59.5 Å². The maximum Gasteiger partial charge on any atom is 0.573 e. The number of sulfonamides is 1. The summed E-state index contributed by atoms with van der Waals surface area (Å²) in [6, 6.07) is 9.36. The van der Waals surface area contributed by atoms with Crippen LogP contribution in [0.1, 0.15) is 50.0 Å². The number of nitrogens with one attached hydrogen (secondary N) is 1. The average molecular weight is 603 g/mol. The summed E-state index contributed by atoms with van der Waals surface area (Å²) in [6.45, 7) is 1.18. The van der Waals surface area contributed by atoms with E-state index >= 15 is 0 Å². The third kappa shape index (κ3) is 6.49. The number of ether oxygens (including phenoxy) is 2. The lowest BCUT2D eigenvalue weighted by atomic mass is 9.78. The van der Waals surface area contributed by atoms with Crippen molar-refractivity contribution in [2.45, 2.75) is 50.8 Å². The van der Waals surface area contributed by atoms with Crippen molar-refractivity contribution in [3.8, 4) is 11.5 Å². The first kappa shape index (κ1) is 28.7. The van der Waals surface area contributed by atoms with Gasteiger partial charge in [-0.2, -0.15) is 0 Å². The van der Waals surface area contributed by atoms with Crippen molar-refractivity contribution in [3.63, 3.8) is 0 Å². The molecule has 1 aliphatic carbocycles. The third-order valence-electron chi connectivity index (χ3n) is 8.47. The molecular weight excluding hydrogens is 569 g/mol. The Balaban J connectivity index is 1.03. The average Bonchev–Trinajstić information content (AvgIpc) is 3.46. The van der Waals surface area contributed by atoms with Gasteiger partial charge in [0.1, 0.15) is 17.1 Å². The van der Waals surface area contributed by atoms with E-state index in [4.69, 9.17) is 4.74 Å². The molecule has 6 rings (SSSR count). The molecule has 4 aromatic rings. The molecule has 1 saturated heterocycles. The highest BCUT2D eigenvalue weighted by atomic mass is 32.2. The normalized spacial score (nSPS) is 22.4. The van der Waals surface area contributed by atoms with E-state index in [9.17, 15) is 21.6 Å². The van der Waals surface area contributed by atoms with Gasteiger partial charge in [-0.3, -0.25) is 4.98 Å². The first-order valence-corrected chi connectivity index (χ1v) is 15.9. The van der Waals surface area contributed by atoms with Crippen molar-refractivity contribution in [2.24, 2.45) is 11.8 Å². The monoisotopic (exact) mass is 602 g/mol. The van der Waals surface area contributed by atoms with Crippen LogP contribution in [0.3, 0.4) is 0 Å². The lowest BCUT2D eigenvalue weighted by Gasteiger charge is -2.34. The molecule has 224 valence electrons. The fourth-order valence-electron chi connectivity index (χ4n) is 6.43. The van der Waals surface area contributed by atoms with Gasteiger partial charge in [-0.15, -0.1) is 13.2 Å². The quantitative estimate of drug-likeness (QED) is 0.251. The zero-order valence-corrected chi connectivity index (χ0v) is 23.8. The molecule has 2 aliphatic rings. The Morgan fingerprint density at radius 1 is 0.952 bits per heavy atom. The van der Waals surface area contributed by atoms with Gasteiger partial charge >= 0.3 is 6.36 Å². The van der Waals surface area contributed by atoms with Gasteiger partial charge in [0.2, 0.25) is 10.0 Å². The van der Waals surface area contributed by atoms with Gasteiger partial charge < -0.3 is 14.5 Å². The largest absolute Gasteiger partial charge is 0.573 e. The first-order valence-electron chi connectivity index (χ1n) is 14.3. The smallest absolute Gasteiger partial charge is 0.493 e. The molecule has 2 fully saturated rings. The van der Waals surface area contributed by atoms with Gasteiger partial charge in [0, 0.05) is 42.2 Å². The van der Waals surface area contributed by atoms with Crippen LogP contribution < -0.4 is 9.47 Å². The maximum atomic E-state index is 13.4. The molecule has 1 unspecified atom stereocenters. The molecule has 0 radical (unpaired) electrons. The predicted molar refractivity (Wildman–Crippen MR) is 153 cm³/mol. The first-order chi connectivity index (χ1) is 20.1. The van der Waals surface area contributed by atoms with E-state index in [2.05, 4.69) is 25.8 Å². The van der Waals surface area contributed by atoms with E-state index < -0.39 is 16.4 Å². The van der Waals surface area contributed by atoms with Crippen molar-refractivity contribution < 1.29 is 31.1 Å². The van der Waals surface area contributed by atoms with Gasteiger partial charge in [0.15, 0.2) is 0 Å². The molecule has 0 bridgehead atoms. The number of benzene rings is 1. The summed E-state index contributed by atoms with van der Waals surface area (Å²) in [5, 5.41) is 2.20. The number of hydrogen-bond donors (Lipinski definition) is 1. The number of rotatable bonds is 8. The van der Waals surface area contributed by atoms with Crippen molar-refractivity contribution in [3.05, 3.63) is 60.6 Å². The molecule has 1 aliphatic heterocycles. The molecule has 1 saturated carbocycles. The van der Waals surface area contributed by atoms with E-state index in [-0.39, 0.29) is 23.3 Å². The van der Waals surface area contributed by atoms with Crippen LogP contribution in [0.4, 0.5) is 13.2 Å². The zero-order valence-electron chi connectivity index (χ0n) is 23.0. The second-order valence-electron chi connectivity index (χ2n) is 11.4. The minimum Gasteiger partial charge on any atom is -0.493 e. The fourth-order valence-corrected chi connectivity index (χ4v) is 8.42. The third-order valence-corrected chi connectivity index (χ3v) is 10.5. The van der Waals surface area contributed by atoms with Crippen LogP contribution in [-0.2, 0) is 10.0 Å². The number of nitrogens with zero attached hydrogens (tertiary/aromatic N) is 3. The van der Waals surface area contributed by atoms with Crippen molar-refractivity contribution in [1.82, 2.24) is 19.3 Å². The highest BCUT2D eigenvalue weighted by Crippen LogP contribution is 2.40. The Kier molecular flexibility index (Phi) is 8.01. The van der Waals surface area contributed by atoms with Crippen molar-refractivity contribution in [2.75, 3.05) is 25.4 Å². The van der Waals surface area contributed by atoms with Gasteiger partial charge in [-0.25, -0.2) is 17.7 Å². The summed E-state index contributed by atoms with van der Waals surface area (Å²) in [5.41, 5.74) is 2.98. The number of aromatic nitrogens is 3. The van der Waals surface area contributed by atoms with Crippen LogP contribution in [0.2, 0.25) is 0 Å². The molecule has 1 aromatic carbocycles. The highest BCUT2D eigenvalue weighted by molar-refractivity contribution is 7.89. The summed E-state index contributed by atoms with van der Waals surface area (Å²) >= 11 is 0. The van der Waals surface area contributed by atoms with Crippen LogP contribution in [0.5, 0.6) is 11.5 Å². The standard InChI is InChI=1S/C30H33F3N4O4S/c31-30(32,33)41-24-9-7-23(8-10-24)40-18-21-2-1-15-37(17-21)42(38,39)19-20-3-5-22(6-4-20)25-11-13-34-27-16-36-29-26(28(25)27)12-14-35-29/h7-14,16,20-22H,1-6,15,17-19H2,(H,35,36). The number of H-pyrrole nitrogens is 1. The van der Waals surface area contributed by atoms with Crippen molar-refractivity contribution in [1.29, 1.82) is 0 Å². The summed E-state index contributed by atoms with van der Waals surface area (Å²) in [7, 11) is -3.43. The Morgan fingerprint density at radius 3 is 2.48 bits per heavy atom. The molecular formula is C30H33F3N4O4S. The number of piperidine rings is 1. The topological polar surface area (TPSA) is 97.4 Å². The summed E-state index contributed by atoms with van der Waals surface area (Å²) in [6.07, 6.45) is 5.91. The van der Waals surface area contributed by atoms with E-state index in [1.54, 1.807) is 10.5 Å². The van der Waals surface area contributed by atoms with Gasteiger partial charge in [-0.1, -0.05) is 0 Å². The van der Waals surface area contributed by atoms with E-state index in [1.807, 2.05) is 18.5 Å². The minimum absolute atomic E-state index is 0.00934. The van der Waals surface area contributed by atoms with E-state index in [0.717, 1.165) is 60.5 Å². The number of halogens is 3. The molecule has 42 heavy (non-hydrogen) atoms. The SMILES string of the molecule is O=S(=O)(CC1CCC(c2ccnc3cnc4[nH]ccc4c23)CC1)N1CCCC(COc2ccc(OC(F)(F)F)cc2)C1. The lowest BCUT2D eigenvalue weighted by Crippen LogP contribution is -2.43. The number of aromatic amines is 1. The second kappa shape index (κ2) is 11.7. The van der Waals surface area contributed by atoms with Gasteiger partial charge in [0.05, 0.1) is 24.1 Å².